The number of terminal acetylenes is 1. The van der Waals surface area contributed by atoms with Gasteiger partial charge in [-0.25, -0.2) is 0 Å². The number of aromatic nitrogens is 1. The highest BCUT2D eigenvalue weighted by Crippen LogP contribution is 2.05. The summed E-state index contributed by atoms with van der Waals surface area (Å²) in [6, 6.07) is -0.208. The molecule has 0 bridgehead atoms. The van der Waals surface area contributed by atoms with Gasteiger partial charge >= 0.3 is 0 Å². The van der Waals surface area contributed by atoms with Gasteiger partial charge in [0.05, 0.1) is 18.0 Å². The second-order valence-electron chi connectivity index (χ2n) is 2.60. The lowest BCUT2D eigenvalue weighted by Crippen LogP contribution is -2.32. The molecule has 1 heterocycles. The standard InChI is InChI=1S/C9H10N2OS/c1-3-7(2)11-9(12)4-8-5-10-6-13-8/h1,5-7H,4H2,2H3,(H,11,12). The molecule has 1 aromatic rings. The first-order valence-corrected chi connectivity index (χ1v) is 4.73. The van der Waals surface area contributed by atoms with E-state index in [1.165, 1.54) is 11.3 Å². The van der Waals surface area contributed by atoms with E-state index in [9.17, 15) is 4.79 Å². The third kappa shape index (κ3) is 3.26. The van der Waals surface area contributed by atoms with Crippen LogP contribution < -0.4 is 5.32 Å². The summed E-state index contributed by atoms with van der Waals surface area (Å²) in [7, 11) is 0. The van der Waals surface area contributed by atoms with Crippen LogP contribution in [-0.2, 0) is 11.2 Å². The Labute approximate surface area is 81.2 Å². The van der Waals surface area contributed by atoms with E-state index in [1.807, 2.05) is 0 Å². The molecule has 1 N–H and O–H groups in total. The second-order valence-corrected chi connectivity index (χ2v) is 3.57. The minimum atomic E-state index is -0.208. The normalized spacial score (nSPS) is 11.7. The first-order chi connectivity index (χ1) is 6.22. The van der Waals surface area contributed by atoms with Gasteiger partial charge in [0.15, 0.2) is 0 Å². The highest BCUT2D eigenvalue weighted by atomic mass is 32.1. The molecule has 4 heteroatoms. The predicted octanol–water partition coefficient (Wildman–Crippen LogP) is 0.823. The number of hydrogen-bond donors (Lipinski definition) is 1. The molecule has 0 radical (unpaired) electrons. The minimum Gasteiger partial charge on any atom is -0.342 e. The van der Waals surface area contributed by atoms with Gasteiger partial charge in [-0.3, -0.25) is 9.78 Å². The average molecular weight is 194 g/mol. The molecule has 0 aliphatic heterocycles. The molecule has 0 aliphatic rings. The van der Waals surface area contributed by atoms with E-state index in [0.29, 0.717) is 6.42 Å². The maximum absolute atomic E-state index is 11.3. The van der Waals surface area contributed by atoms with Crippen molar-refractivity contribution in [1.29, 1.82) is 0 Å². The maximum Gasteiger partial charge on any atom is 0.226 e. The molecular weight excluding hydrogens is 184 g/mol. The van der Waals surface area contributed by atoms with Gasteiger partial charge in [-0.2, -0.15) is 0 Å². The smallest absolute Gasteiger partial charge is 0.226 e. The van der Waals surface area contributed by atoms with Crippen LogP contribution in [0.15, 0.2) is 11.7 Å². The summed E-state index contributed by atoms with van der Waals surface area (Å²) in [5.41, 5.74) is 1.70. The Morgan fingerprint density at radius 3 is 3.23 bits per heavy atom. The van der Waals surface area contributed by atoms with Gasteiger partial charge in [0.25, 0.3) is 0 Å². The summed E-state index contributed by atoms with van der Waals surface area (Å²) < 4.78 is 0. The molecule has 0 aromatic carbocycles. The lowest BCUT2D eigenvalue weighted by molar-refractivity contribution is -0.120. The molecule has 68 valence electrons. The fourth-order valence-corrected chi connectivity index (χ4v) is 1.42. The lowest BCUT2D eigenvalue weighted by atomic mass is 10.3. The molecule has 1 atom stereocenters. The van der Waals surface area contributed by atoms with Crippen molar-refractivity contribution in [2.24, 2.45) is 0 Å². The Morgan fingerprint density at radius 1 is 1.92 bits per heavy atom. The number of carbonyl (C=O) groups excluding carboxylic acids is 1. The van der Waals surface area contributed by atoms with Gasteiger partial charge in [-0.05, 0) is 6.92 Å². The zero-order valence-corrected chi connectivity index (χ0v) is 8.10. The van der Waals surface area contributed by atoms with Crippen LogP contribution in [0.3, 0.4) is 0 Å². The second kappa shape index (κ2) is 4.63. The van der Waals surface area contributed by atoms with Crippen LogP contribution >= 0.6 is 11.3 Å². The molecule has 0 saturated heterocycles. The van der Waals surface area contributed by atoms with Crippen molar-refractivity contribution in [1.82, 2.24) is 10.3 Å². The Balaban J connectivity index is 2.39. The number of rotatable bonds is 3. The first kappa shape index (κ1) is 9.75. The Hall–Kier alpha value is -1.34. The van der Waals surface area contributed by atoms with Crippen LogP contribution in [0.5, 0.6) is 0 Å². The number of hydrogen-bond acceptors (Lipinski definition) is 3. The number of nitrogens with zero attached hydrogens (tertiary/aromatic N) is 1. The Bertz CT molecular complexity index is 313. The van der Waals surface area contributed by atoms with E-state index in [0.717, 1.165) is 4.88 Å². The molecule has 0 spiro atoms. The van der Waals surface area contributed by atoms with E-state index in [1.54, 1.807) is 18.6 Å². The average Bonchev–Trinajstić information content (AvgIpc) is 2.56. The highest BCUT2D eigenvalue weighted by Gasteiger charge is 2.06. The van der Waals surface area contributed by atoms with Gasteiger partial charge in [-0.1, -0.05) is 5.92 Å². The summed E-state index contributed by atoms with van der Waals surface area (Å²) in [6.07, 6.45) is 7.16. The molecule has 1 rings (SSSR count). The van der Waals surface area contributed by atoms with Crippen molar-refractivity contribution in [3.8, 4) is 12.3 Å². The van der Waals surface area contributed by atoms with E-state index in [-0.39, 0.29) is 11.9 Å². The minimum absolute atomic E-state index is 0.0605. The predicted molar refractivity (Wildman–Crippen MR) is 52.3 cm³/mol. The van der Waals surface area contributed by atoms with Gasteiger partial charge in [-0.15, -0.1) is 17.8 Å². The monoisotopic (exact) mass is 194 g/mol. The van der Waals surface area contributed by atoms with Crippen molar-refractivity contribution < 1.29 is 4.79 Å². The van der Waals surface area contributed by atoms with Crippen molar-refractivity contribution >= 4 is 17.2 Å². The topological polar surface area (TPSA) is 42.0 Å². The van der Waals surface area contributed by atoms with E-state index >= 15 is 0 Å². The van der Waals surface area contributed by atoms with Crippen LogP contribution in [0.4, 0.5) is 0 Å². The largest absolute Gasteiger partial charge is 0.342 e. The molecule has 1 unspecified atom stereocenters. The van der Waals surface area contributed by atoms with Crippen LogP contribution in [0.1, 0.15) is 11.8 Å². The fourth-order valence-electron chi connectivity index (χ4n) is 0.822. The van der Waals surface area contributed by atoms with Crippen LogP contribution in [0, 0.1) is 12.3 Å². The number of carbonyl (C=O) groups is 1. The SMILES string of the molecule is C#CC(C)NC(=O)Cc1cncs1. The van der Waals surface area contributed by atoms with Gasteiger partial charge < -0.3 is 5.32 Å². The van der Waals surface area contributed by atoms with E-state index < -0.39 is 0 Å². The van der Waals surface area contributed by atoms with Crippen LogP contribution in [0.25, 0.3) is 0 Å². The lowest BCUT2D eigenvalue weighted by Gasteiger charge is -2.05. The maximum atomic E-state index is 11.3. The van der Waals surface area contributed by atoms with Crippen LogP contribution in [0.2, 0.25) is 0 Å². The van der Waals surface area contributed by atoms with Gasteiger partial charge in [0.1, 0.15) is 0 Å². The molecule has 0 saturated carbocycles. The van der Waals surface area contributed by atoms with Crippen molar-refractivity contribution in [2.75, 3.05) is 0 Å². The molecule has 0 aliphatic carbocycles. The Kier molecular flexibility index (Phi) is 3.47. The number of amides is 1. The summed E-state index contributed by atoms with van der Waals surface area (Å²) in [4.78, 5) is 16.1. The zero-order chi connectivity index (χ0) is 9.68. The van der Waals surface area contributed by atoms with Crippen molar-refractivity contribution in [2.45, 2.75) is 19.4 Å². The summed E-state index contributed by atoms with van der Waals surface area (Å²) in [5, 5.41) is 2.67. The zero-order valence-electron chi connectivity index (χ0n) is 7.28. The molecular formula is C9H10N2OS. The molecule has 1 aromatic heterocycles. The van der Waals surface area contributed by atoms with Gasteiger partial charge in [0.2, 0.25) is 5.91 Å². The van der Waals surface area contributed by atoms with Crippen LogP contribution in [-0.4, -0.2) is 16.9 Å². The third-order valence-electron chi connectivity index (χ3n) is 1.45. The van der Waals surface area contributed by atoms with Crippen molar-refractivity contribution in [3.63, 3.8) is 0 Å². The van der Waals surface area contributed by atoms with E-state index in [2.05, 4.69) is 16.2 Å². The van der Waals surface area contributed by atoms with Crippen molar-refractivity contribution in [3.05, 3.63) is 16.6 Å². The molecule has 0 fully saturated rings. The molecule has 13 heavy (non-hydrogen) atoms. The molecule has 3 nitrogen and oxygen atoms in total. The molecule has 1 amide bonds. The Morgan fingerprint density at radius 2 is 2.69 bits per heavy atom. The third-order valence-corrected chi connectivity index (χ3v) is 2.23. The number of nitrogens with one attached hydrogen (secondary N) is 1. The highest BCUT2D eigenvalue weighted by molar-refractivity contribution is 7.09. The quantitative estimate of drug-likeness (QED) is 0.724. The van der Waals surface area contributed by atoms with Gasteiger partial charge in [0, 0.05) is 11.1 Å². The summed E-state index contributed by atoms with van der Waals surface area (Å²) >= 11 is 1.46. The summed E-state index contributed by atoms with van der Waals surface area (Å²) in [5.74, 6) is 2.37. The summed E-state index contributed by atoms with van der Waals surface area (Å²) in [6.45, 7) is 1.77. The number of thiazole rings is 1. The fraction of sp³-hybridized carbons (Fsp3) is 0.333. The first-order valence-electron chi connectivity index (χ1n) is 3.85. The van der Waals surface area contributed by atoms with E-state index in [4.69, 9.17) is 6.42 Å².